The second-order valence-electron chi connectivity index (χ2n) is 14.9. The van der Waals surface area contributed by atoms with Crippen molar-refractivity contribution in [2.75, 3.05) is 0 Å². The second kappa shape index (κ2) is 12.5. The summed E-state index contributed by atoms with van der Waals surface area (Å²) in [5.41, 5.74) is 16.0. The highest BCUT2D eigenvalue weighted by molar-refractivity contribution is 6.17. The highest BCUT2D eigenvalue weighted by atomic mass is 16.3. The maximum absolute atomic E-state index is 6.34. The molecule has 0 amide bonds. The van der Waals surface area contributed by atoms with Gasteiger partial charge < -0.3 is 13.6 Å². The summed E-state index contributed by atoms with van der Waals surface area (Å²) in [6.45, 7) is 0. The summed E-state index contributed by atoms with van der Waals surface area (Å²) >= 11 is 0. The monoisotopic (exact) mass is 726 g/mol. The SMILES string of the molecule is c1ccc(-c2ccc3c(c2)c2cc(-c4ccccc4)ccc2n3-c2ccc(-c3ccc(-n4c5ccccc5c5cc6c(cc54)oc4ccccc46)cc3)cc2)cc1. The van der Waals surface area contributed by atoms with E-state index in [-0.39, 0.29) is 0 Å². The van der Waals surface area contributed by atoms with Gasteiger partial charge >= 0.3 is 0 Å². The first-order chi connectivity index (χ1) is 28.2. The number of aromatic nitrogens is 2. The number of nitrogens with zero attached hydrogens (tertiary/aromatic N) is 2. The lowest BCUT2D eigenvalue weighted by Crippen LogP contribution is -1.95. The Kier molecular flexibility index (Phi) is 6.93. The lowest BCUT2D eigenvalue weighted by atomic mass is 10.0. The molecule has 0 spiro atoms. The molecule has 0 atom stereocenters. The maximum atomic E-state index is 6.34. The second-order valence-corrected chi connectivity index (χ2v) is 14.9. The van der Waals surface area contributed by atoms with Crippen molar-refractivity contribution in [3.8, 4) is 44.8 Å². The van der Waals surface area contributed by atoms with Crippen LogP contribution in [0.2, 0.25) is 0 Å². The molecule has 0 unspecified atom stereocenters. The van der Waals surface area contributed by atoms with Crippen LogP contribution in [0.25, 0.3) is 110 Å². The quantitative estimate of drug-likeness (QED) is 0.173. The van der Waals surface area contributed by atoms with Gasteiger partial charge in [0.15, 0.2) is 0 Å². The average molecular weight is 727 g/mol. The lowest BCUT2D eigenvalue weighted by Gasteiger charge is -2.11. The molecular formula is C54H34N2O. The molecular weight excluding hydrogens is 693 g/mol. The highest BCUT2D eigenvalue weighted by Crippen LogP contribution is 2.40. The molecule has 0 saturated carbocycles. The van der Waals surface area contributed by atoms with Gasteiger partial charge in [-0.15, -0.1) is 0 Å². The predicted molar refractivity (Wildman–Crippen MR) is 239 cm³/mol. The van der Waals surface area contributed by atoms with Crippen LogP contribution in [-0.2, 0) is 0 Å². The van der Waals surface area contributed by atoms with Crippen LogP contribution in [0.4, 0.5) is 0 Å². The van der Waals surface area contributed by atoms with Crippen LogP contribution in [0.3, 0.4) is 0 Å². The van der Waals surface area contributed by atoms with Crippen molar-refractivity contribution in [1.29, 1.82) is 0 Å². The molecule has 0 aliphatic rings. The molecule has 3 nitrogen and oxygen atoms in total. The third-order valence-corrected chi connectivity index (χ3v) is 11.7. The Morgan fingerprint density at radius 2 is 0.684 bits per heavy atom. The number of para-hydroxylation sites is 2. The van der Waals surface area contributed by atoms with E-state index in [1.165, 1.54) is 71.5 Å². The highest BCUT2D eigenvalue weighted by Gasteiger charge is 2.18. The van der Waals surface area contributed by atoms with Crippen LogP contribution in [0.5, 0.6) is 0 Å². The van der Waals surface area contributed by atoms with Crippen LogP contribution < -0.4 is 0 Å². The van der Waals surface area contributed by atoms with Gasteiger partial charge in [-0.25, -0.2) is 0 Å². The minimum Gasteiger partial charge on any atom is -0.456 e. The Morgan fingerprint density at radius 1 is 0.246 bits per heavy atom. The van der Waals surface area contributed by atoms with E-state index in [1.54, 1.807) is 0 Å². The van der Waals surface area contributed by atoms with Crippen molar-refractivity contribution in [3.63, 3.8) is 0 Å². The minimum absolute atomic E-state index is 0.904. The van der Waals surface area contributed by atoms with Gasteiger partial charge in [0.2, 0.25) is 0 Å². The van der Waals surface area contributed by atoms with Gasteiger partial charge in [0, 0.05) is 49.8 Å². The summed E-state index contributed by atoms with van der Waals surface area (Å²) < 4.78 is 11.1. The first-order valence-corrected chi connectivity index (χ1v) is 19.5. The molecule has 12 aromatic rings. The molecule has 0 saturated heterocycles. The number of hydrogen-bond donors (Lipinski definition) is 0. The van der Waals surface area contributed by atoms with Crippen molar-refractivity contribution in [3.05, 3.63) is 206 Å². The van der Waals surface area contributed by atoms with Crippen molar-refractivity contribution in [2.45, 2.75) is 0 Å². The van der Waals surface area contributed by atoms with Gasteiger partial charge in [0.25, 0.3) is 0 Å². The molecule has 3 heterocycles. The predicted octanol–water partition coefficient (Wildman–Crippen LogP) is 14.8. The number of rotatable bonds is 5. The Morgan fingerprint density at radius 3 is 1.28 bits per heavy atom. The fourth-order valence-electron chi connectivity index (χ4n) is 8.99. The summed E-state index contributed by atoms with van der Waals surface area (Å²) in [5, 5.41) is 7.24. The first kappa shape index (κ1) is 31.7. The van der Waals surface area contributed by atoms with Gasteiger partial charge in [-0.2, -0.15) is 0 Å². The normalized spacial score (nSPS) is 11.9. The number of hydrogen-bond acceptors (Lipinski definition) is 1. The smallest absolute Gasteiger partial charge is 0.137 e. The maximum Gasteiger partial charge on any atom is 0.137 e. The van der Waals surface area contributed by atoms with Crippen molar-refractivity contribution in [1.82, 2.24) is 9.13 Å². The zero-order valence-corrected chi connectivity index (χ0v) is 30.9. The van der Waals surface area contributed by atoms with Crippen molar-refractivity contribution >= 4 is 65.6 Å². The Labute approximate surface area is 328 Å². The molecule has 0 N–H and O–H groups in total. The van der Waals surface area contributed by atoms with E-state index in [2.05, 4.69) is 203 Å². The topological polar surface area (TPSA) is 23.0 Å². The summed E-state index contributed by atoms with van der Waals surface area (Å²) in [6, 6.07) is 74.5. The van der Waals surface area contributed by atoms with Crippen LogP contribution >= 0.6 is 0 Å². The summed E-state index contributed by atoms with van der Waals surface area (Å²) in [4.78, 5) is 0. The lowest BCUT2D eigenvalue weighted by molar-refractivity contribution is 0.669. The van der Waals surface area contributed by atoms with E-state index in [0.717, 1.165) is 38.8 Å². The van der Waals surface area contributed by atoms with Crippen LogP contribution in [0, 0.1) is 0 Å². The Hall–Kier alpha value is -7.62. The standard InChI is InChI=1S/C54H34N2O/c1-3-11-35(12-4-1)39-23-29-50-45(31-39)46-32-40(36-13-5-2-6-14-36)24-30-51(46)55(50)41-25-19-37(20-26-41)38-21-27-42(28-22-38)56-49-17-9-7-15-43(49)47-33-48-44-16-8-10-18-53(44)57-54(48)34-52(47)56/h1-34H. The van der Waals surface area contributed by atoms with E-state index in [0.29, 0.717) is 0 Å². The Balaban J connectivity index is 0.942. The van der Waals surface area contributed by atoms with E-state index in [4.69, 9.17) is 4.42 Å². The summed E-state index contributed by atoms with van der Waals surface area (Å²) in [6.07, 6.45) is 0. The number of furan rings is 1. The van der Waals surface area contributed by atoms with Gasteiger partial charge in [-0.3, -0.25) is 0 Å². The van der Waals surface area contributed by atoms with Gasteiger partial charge in [-0.05, 0) is 100 Å². The number of benzene rings is 9. The summed E-state index contributed by atoms with van der Waals surface area (Å²) in [5.74, 6) is 0. The molecule has 3 heteroatoms. The largest absolute Gasteiger partial charge is 0.456 e. The van der Waals surface area contributed by atoms with Crippen molar-refractivity contribution in [2.24, 2.45) is 0 Å². The van der Waals surface area contributed by atoms with Gasteiger partial charge in [0.1, 0.15) is 11.2 Å². The molecule has 9 aromatic carbocycles. The van der Waals surface area contributed by atoms with Gasteiger partial charge in [-0.1, -0.05) is 133 Å². The van der Waals surface area contributed by atoms with Crippen LogP contribution in [0.15, 0.2) is 211 Å². The molecule has 0 aliphatic heterocycles. The molecule has 57 heavy (non-hydrogen) atoms. The fourth-order valence-corrected chi connectivity index (χ4v) is 8.99. The molecule has 3 aromatic heterocycles. The zero-order valence-electron chi connectivity index (χ0n) is 30.9. The fraction of sp³-hybridized carbons (Fsp3) is 0. The molecule has 0 aliphatic carbocycles. The van der Waals surface area contributed by atoms with Crippen LogP contribution in [0.1, 0.15) is 0 Å². The molecule has 266 valence electrons. The van der Waals surface area contributed by atoms with Gasteiger partial charge in [0.05, 0.1) is 22.1 Å². The van der Waals surface area contributed by atoms with Crippen molar-refractivity contribution < 1.29 is 4.42 Å². The minimum atomic E-state index is 0.904. The third-order valence-electron chi connectivity index (χ3n) is 11.7. The number of fused-ring (bicyclic) bond motifs is 9. The van der Waals surface area contributed by atoms with E-state index >= 15 is 0 Å². The van der Waals surface area contributed by atoms with E-state index in [1.807, 2.05) is 12.1 Å². The van der Waals surface area contributed by atoms with E-state index in [9.17, 15) is 0 Å². The van der Waals surface area contributed by atoms with E-state index < -0.39 is 0 Å². The average Bonchev–Trinajstić information content (AvgIpc) is 3.93. The zero-order chi connectivity index (χ0) is 37.5. The molecule has 0 bridgehead atoms. The molecule has 0 radical (unpaired) electrons. The molecule has 12 rings (SSSR count). The molecule has 0 fully saturated rings. The van der Waals surface area contributed by atoms with Crippen LogP contribution in [-0.4, -0.2) is 9.13 Å². The summed E-state index contributed by atoms with van der Waals surface area (Å²) in [7, 11) is 0. The third kappa shape index (κ3) is 4.99. The first-order valence-electron chi connectivity index (χ1n) is 19.5. The Bertz CT molecular complexity index is 3380.